The van der Waals surface area contributed by atoms with Gasteiger partial charge in [-0.25, -0.2) is 14.5 Å². The summed E-state index contributed by atoms with van der Waals surface area (Å²) in [5.41, 5.74) is 1.08. The first-order chi connectivity index (χ1) is 13.6. The first-order valence-electron chi connectivity index (χ1n) is 9.56. The van der Waals surface area contributed by atoms with E-state index in [1.807, 2.05) is 24.3 Å². The maximum absolute atomic E-state index is 12.0. The highest BCUT2D eigenvalue weighted by Crippen LogP contribution is 2.17. The molecule has 0 saturated heterocycles. The fourth-order valence-corrected chi connectivity index (χ4v) is 3.43. The number of hydrogen-bond donors (Lipinski definition) is 3. The van der Waals surface area contributed by atoms with Gasteiger partial charge in [-0.15, -0.1) is 5.10 Å². The molecular formula is C19H25BrN6O2. The zero-order valence-corrected chi connectivity index (χ0v) is 17.2. The van der Waals surface area contributed by atoms with Crippen molar-refractivity contribution in [3.63, 3.8) is 0 Å². The molecule has 3 rings (SSSR count). The zero-order valence-electron chi connectivity index (χ0n) is 15.7. The van der Waals surface area contributed by atoms with Crippen molar-refractivity contribution >= 4 is 33.8 Å². The Kier molecular flexibility index (Phi) is 7.41. The molecule has 1 aliphatic rings. The lowest BCUT2D eigenvalue weighted by Gasteiger charge is -2.22. The number of benzene rings is 1. The van der Waals surface area contributed by atoms with Gasteiger partial charge in [-0.2, -0.15) is 0 Å². The second kappa shape index (κ2) is 10.2. The summed E-state index contributed by atoms with van der Waals surface area (Å²) in [5.74, 6) is 0.0214. The maximum atomic E-state index is 12.0. The van der Waals surface area contributed by atoms with Crippen LogP contribution in [0.1, 0.15) is 44.1 Å². The summed E-state index contributed by atoms with van der Waals surface area (Å²) in [7, 11) is 0. The normalized spacial score (nSPS) is 14.5. The second-order valence-corrected chi connectivity index (χ2v) is 7.84. The van der Waals surface area contributed by atoms with Gasteiger partial charge in [0.2, 0.25) is 11.9 Å². The van der Waals surface area contributed by atoms with E-state index in [0.29, 0.717) is 6.54 Å². The quantitative estimate of drug-likeness (QED) is 0.605. The molecule has 9 heteroatoms. The molecule has 0 atom stereocenters. The Balaban J connectivity index is 1.36. The van der Waals surface area contributed by atoms with E-state index in [2.05, 4.69) is 42.0 Å². The van der Waals surface area contributed by atoms with Gasteiger partial charge in [0.25, 0.3) is 0 Å². The fourth-order valence-electron chi connectivity index (χ4n) is 3.17. The van der Waals surface area contributed by atoms with Crippen molar-refractivity contribution in [2.24, 2.45) is 0 Å². The van der Waals surface area contributed by atoms with Crippen LogP contribution in [0, 0.1) is 0 Å². The van der Waals surface area contributed by atoms with E-state index in [1.54, 1.807) is 11.0 Å². The maximum Gasteiger partial charge on any atom is 0.315 e. The van der Waals surface area contributed by atoms with Gasteiger partial charge in [0.05, 0.1) is 6.54 Å². The number of aromatic nitrogens is 3. The van der Waals surface area contributed by atoms with Crippen molar-refractivity contribution in [2.45, 2.75) is 51.1 Å². The van der Waals surface area contributed by atoms with Gasteiger partial charge >= 0.3 is 6.03 Å². The zero-order chi connectivity index (χ0) is 19.8. The average Bonchev–Trinajstić information content (AvgIpc) is 3.11. The van der Waals surface area contributed by atoms with Crippen LogP contribution >= 0.6 is 15.9 Å². The van der Waals surface area contributed by atoms with Crippen LogP contribution in [0.2, 0.25) is 0 Å². The summed E-state index contributed by atoms with van der Waals surface area (Å²) in [6.45, 7) is 0.836. The van der Waals surface area contributed by atoms with Crippen LogP contribution in [0.25, 0.3) is 0 Å². The van der Waals surface area contributed by atoms with Crippen LogP contribution in [0.5, 0.6) is 0 Å². The van der Waals surface area contributed by atoms with E-state index < -0.39 is 0 Å². The van der Waals surface area contributed by atoms with Crippen molar-refractivity contribution < 1.29 is 9.59 Å². The van der Waals surface area contributed by atoms with Gasteiger partial charge in [-0.05, 0) is 30.5 Å². The van der Waals surface area contributed by atoms with Gasteiger partial charge in [0, 0.05) is 23.5 Å². The van der Waals surface area contributed by atoms with Gasteiger partial charge in [-0.3, -0.25) is 10.1 Å². The van der Waals surface area contributed by atoms with E-state index in [1.165, 1.54) is 6.42 Å². The summed E-state index contributed by atoms with van der Waals surface area (Å²) in [6.07, 6.45) is 7.37. The molecule has 0 bridgehead atoms. The van der Waals surface area contributed by atoms with Crippen molar-refractivity contribution in [3.8, 4) is 0 Å². The minimum Gasteiger partial charge on any atom is -0.338 e. The highest BCUT2D eigenvalue weighted by Gasteiger charge is 2.15. The molecule has 0 radical (unpaired) electrons. The van der Waals surface area contributed by atoms with E-state index in [-0.39, 0.29) is 36.9 Å². The number of halogens is 1. The van der Waals surface area contributed by atoms with Crippen LogP contribution in [0.3, 0.4) is 0 Å². The molecule has 0 aliphatic heterocycles. The van der Waals surface area contributed by atoms with Crippen molar-refractivity contribution in [3.05, 3.63) is 40.6 Å². The smallest absolute Gasteiger partial charge is 0.315 e. The van der Waals surface area contributed by atoms with E-state index >= 15 is 0 Å². The molecule has 1 aromatic heterocycles. The Morgan fingerprint density at radius 3 is 2.64 bits per heavy atom. The predicted octanol–water partition coefficient (Wildman–Crippen LogP) is 3.05. The molecule has 1 saturated carbocycles. The molecule has 0 unspecified atom stereocenters. The SMILES string of the molecule is O=C(CCNC(=O)NC1CCCCC1)Nc1ncn(Cc2ccc(Br)cc2)n1. The summed E-state index contributed by atoms with van der Waals surface area (Å²) in [6, 6.07) is 7.96. The Labute approximate surface area is 172 Å². The van der Waals surface area contributed by atoms with Crippen LogP contribution in [0.4, 0.5) is 10.7 Å². The molecule has 2 aromatic rings. The summed E-state index contributed by atoms with van der Waals surface area (Å²) >= 11 is 3.40. The third-order valence-corrected chi connectivity index (χ3v) is 5.15. The molecule has 1 aromatic carbocycles. The number of urea groups is 1. The Morgan fingerprint density at radius 2 is 1.89 bits per heavy atom. The molecular weight excluding hydrogens is 424 g/mol. The van der Waals surface area contributed by atoms with Crippen LogP contribution in [0.15, 0.2) is 35.1 Å². The van der Waals surface area contributed by atoms with Crippen molar-refractivity contribution in [2.75, 3.05) is 11.9 Å². The van der Waals surface area contributed by atoms with Gasteiger partial charge < -0.3 is 10.6 Å². The second-order valence-electron chi connectivity index (χ2n) is 6.93. The third-order valence-electron chi connectivity index (χ3n) is 4.62. The Hall–Kier alpha value is -2.42. The van der Waals surface area contributed by atoms with Crippen molar-refractivity contribution in [1.29, 1.82) is 0 Å². The first-order valence-corrected chi connectivity index (χ1v) is 10.4. The van der Waals surface area contributed by atoms with Gasteiger partial charge in [0.1, 0.15) is 6.33 Å². The van der Waals surface area contributed by atoms with Crippen LogP contribution < -0.4 is 16.0 Å². The molecule has 8 nitrogen and oxygen atoms in total. The minimum absolute atomic E-state index is 0.166. The van der Waals surface area contributed by atoms with Crippen LogP contribution in [-0.2, 0) is 11.3 Å². The lowest BCUT2D eigenvalue weighted by molar-refractivity contribution is -0.116. The number of amides is 3. The molecule has 150 valence electrons. The largest absolute Gasteiger partial charge is 0.338 e. The van der Waals surface area contributed by atoms with Crippen LogP contribution in [-0.4, -0.2) is 39.3 Å². The summed E-state index contributed by atoms with van der Waals surface area (Å²) in [4.78, 5) is 28.0. The third kappa shape index (κ3) is 6.63. The Bertz CT molecular complexity index is 786. The summed E-state index contributed by atoms with van der Waals surface area (Å²) in [5, 5.41) is 12.6. The number of nitrogens with zero attached hydrogens (tertiary/aromatic N) is 3. The molecule has 1 heterocycles. The highest BCUT2D eigenvalue weighted by atomic mass is 79.9. The number of hydrogen-bond acceptors (Lipinski definition) is 4. The molecule has 1 aliphatic carbocycles. The number of carbonyl (C=O) groups excluding carboxylic acids is 2. The number of anilines is 1. The first kappa shape index (κ1) is 20.3. The number of nitrogens with one attached hydrogen (secondary N) is 3. The van der Waals surface area contributed by atoms with Gasteiger partial charge in [-0.1, -0.05) is 47.3 Å². The average molecular weight is 449 g/mol. The molecule has 0 spiro atoms. The lowest BCUT2D eigenvalue weighted by Crippen LogP contribution is -2.43. The number of carbonyl (C=O) groups is 2. The standard InChI is InChI=1S/C19H25BrN6O2/c20-15-8-6-14(7-9-15)12-26-13-22-18(25-26)24-17(27)10-11-21-19(28)23-16-4-2-1-3-5-16/h6-9,13,16H,1-5,10-12H2,(H2,21,23,28)(H,24,25,27). The fraction of sp³-hybridized carbons (Fsp3) is 0.474. The molecule has 28 heavy (non-hydrogen) atoms. The Morgan fingerprint density at radius 1 is 1.14 bits per heavy atom. The number of rotatable bonds is 7. The lowest BCUT2D eigenvalue weighted by atomic mass is 9.96. The monoisotopic (exact) mass is 448 g/mol. The molecule has 3 amide bonds. The van der Waals surface area contributed by atoms with Gasteiger partial charge in [0.15, 0.2) is 0 Å². The van der Waals surface area contributed by atoms with E-state index in [0.717, 1.165) is 35.7 Å². The van der Waals surface area contributed by atoms with Crippen molar-refractivity contribution in [1.82, 2.24) is 25.4 Å². The van der Waals surface area contributed by atoms with E-state index in [4.69, 9.17) is 0 Å². The molecule has 1 fully saturated rings. The highest BCUT2D eigenvalue weighted by molar-refractivity contribution is 9.10. The minimum atomic E-state index is -0.237. The van der Waals surface area contributed by atoms with E-state index in [9.17, 15) is 9.59 Å². The molecule has 3 N–H and O–H groups in total. The summed E-state index contributed by atoms with van der Waals surface area (Å²) < 4.78 is 2.68. The predicted molar refractivity (Wildman–Crippen MR) is 110 cm³/mol. The topological polar surface area (TPSA) is 101 Å².